The van der Waals surface area contributed by atoms with E-state index in [0.717, 1.165) is 10.7 Å². The first-order valence-electron chi connectivity index (χ1n) is 9.89. The van der Waals surface area contributed by atoms with Crippen LogP contribution in [0.25, 0.3) is 32.8 Å². The lowest BCUT2D eigenvalue weighted by molar-refractivity contribution is 1.30. The minimum Gasteiger partial charge on any atom is -0.242 e. The molecule has 0 aliphatic rings. The van der Waals surface area contributed by atoms with Crippen LogP contribution in [-0.2, 0) is 0 Å². The number of benzene rings is 3. The lowest BCUT2D eigenvalue weighted by Crippen LogP contribution is -1.77. The van der Waals surface area contributed by atoms with E-state index in [0.29, 0.717) is 0 Å². The molecule has 0 aliphatic carbocycles. The van der Waals surface area contributed by atoms with Gasteiger partial charge in [-0.2, -0.15) is 0 Å². The standard InChI is InChI=1S/C17H14S.C10H9NS/c1-13-12-16(14-8-4-2-5-9-14)17(18-13)15-10-6-3-7-11-15;1-8-11-10(7-12-8)9-5-3-2-4-6-9/h2-12H,1H3;2-7H,1H3. The second kappa shape index (κ2) is 9.66. The molecule has 2 aromatic heterocycles. The smallest absolute Gasteiger partial charge is 0.0901 e. The van der Waals surface area contributed by atoms with E-state index in [1.54, 1.807) is 11.3 Å². The molecule has 0 bridgehead atoms. The maximum absolute atomic E-state index is 4.40. The largest absolute Gasteiger partial charge is 0.242 e. The highest BCUT2D eigenvalue weighted by Gasteiger charge is 2.10. The molecule has 0 N–H and O–H groups in total. The Morgan fingerprint density at radius 3 is 1.70 bits per heavy atom. The van der Waals surface area contributed by atoms with Gasteiger partial charge in [-0.05, 0) is 31.0 Å². The molecule has 0 saturated carbocycles. The van der Waals surface area contributed by atoms with Crippen molar-refractivity contribution in [2.75, 3.05) is 0 Å². The molecular formula is C27H23NS2. The van der Waals surface area contributed by atoms with Gasteiger partial charge in [0.05, 0.1) is 10.7 Å². The van der Waals surface area contributed by atoms with Crippen LogP contribution in [-0.4, -0.2) is 4.98 Å². The summed E-state index contributed by atoms with van der Waals surface area (Å²) in [5.74, 6) is 0. The topological polar surface area (TPSA) is 12.9 Å². The van der Waals surface area contributed by atoms with Gasteiger partial charge in [0.15, 0.2) is 0 Å². The number of hydrogen-bond donors (Lipinski definition) is 0. The molecule has 2 heterocycles. The maximum atomic E-state index is 4.40. The normalized spacial score (nSPS) is 10.3. The Morgan fingerprint density at radius 2 is 1.17 bits per heavy atom. The van der Waals surface area contributed by atoms with Crippen LogP contribution in [0.15, 0.2) is 102 Å². The average molecular weight is 426 g/mol. The van der Waals surface area contributed by atoms with Gasteiger partial charge in [0.1, 0.15) is 0 Å². The van der Waals surface area contributed by atoms with Gasteiger partial charge in [-0.1, -0.05) is 91.0 Å². The van der Waals surface area contributed by atoms with Gasteiger partial charge in [0.2, 0.25) is 0 Å². The molecule has 0 saturated heterocycles. The van der Waals surface area contributed by atoms with Crippen LogP contribution in [0.3, 0.4) is 0 Å². The van der Waals surface area contributed by atoms with Crippen LogP contribution in [0.2, 0.25) is 0 Å². The Kier molecular flexibility index (Phi) is 6.53. The molecule has 0 atom stereocenters. The van der Waals surface area contributed by atoms with Gasteiger partial charge in [0, 0.05) is 26.3 Å². The summed E-state index contributed by atoms with van der Waals surface area (Å²) in [5.41, 5.74) is 6.21. The predicted molar refractivity (Wildman–Crippen MR) is 132 cm³/mol. The predicted octanol–water partition coefficient (Wildman–Crippen LogP) is 8.51. The van der Waals surface area contributed by atoms with Crippen LogP contribution in [0.1, 0.15) is 9.88 Å². The lowest BCUT2D eigenvalue weighted by atomic mass is 10.0. The molecular weight excluding hydrogens is 402 g/mol. The molecule has 5 aromatic rings. The number of aryl methyl sites for hydroxylation is 2. The summed E-state index contributed by atoms with van der Waals surface area (Å²) in [4.78, 5) is 7.11. The van der Waals surface area contributed by atoms with E-state index in [9.17, 15) is 0 Å². The zero-order valence-electron chi connectivity index (χ0n) is 17.1. The lowest BCUT2D eigenvalue weighted by Gasteiger charge is -2.03. The molecule has 0 unspecified atom stereocenters. The Hall–Kier alpha value is -3.01. The minimum absolute atomic E-state index is 1.08. The SMILES string of the molecule is Cc1cc(-c2ccccc2)c(-c2ccccc2)s1.Cc1nc(-c2ccccc2)cs1. The number of nitrogens with zero attached hydrogens (tertiary/aromatic N) is 1. The highest BCUT2D eigenvalue weighted by Crippen LogP contribution is 2.38. The van der Waals surface area contributed by atoms with Gasteiger partial charge < -0.3 is 0 Å². The Labute approximate surface area is 186 Å². The second-order valence-electron chi connectivity index (χ2n) is 6.95. The molecule has 0 aliphatic heterocycles. The van der Waals surface area contributed by atoms with Gasteiger partial charge >= 0.3 is 0 Å². The van der Waals surface area contributed by atoms with Crippen molar-refractivity contribution in [1.82, 2.24) is 4.98 Å². The number of thiazole rings is 1. The molecule has 3 aromatic carbocycles. The van der Waals surface area contributed by atoms with E-state index in [2.05, 4.69) is 96.2 Å². The van der Waals surface area contributed by atoms with Crippen LogP contribution < -0.4 is 0 Å². The van der Waals surface area contributed by atoms with E-state index in [1.165, 1.54) is 32.0 Å². The van der Waals surface area contributed by atoms with E-state index in [4.69, 9.17) is 0 Å². The van der Waals surface area contributed by atoms with Crippen LogP contribution in [0, 0.1) is 13.8 Å². The molecule has 0 radical (unpaired) electrons. The highest BCUT2D eigenvalue weighted by molar-refractivity contribution is 7.16. The monoisotopic (exact) mass is 425 g/mol. The van der Waals surface area contributed by atoms with E-state index >= 15 is 0 Å². The van der Waals surface area contributed by atoms with Crippen molar-refractivity contribution >= 4 is 22.7 Å². The van der Waals surface area contributed by atoms with Crippen LogP contribution in [0.4, 0.5) is 0 Å². The number of hydrogen-bond acceptors (Lipinski definition) is 3. The molecule has 30 heavy (non-hydrogen) atoms. The number of aromatic nitrogens is 1. The van der Waals surface area contributed by atoms with Crippen molar-refractivity contribution in [2.45, 2.75) is 13.8 Å². The summed E-state index contributed by atoms with van der Waals surface area (Å²) in [7, 11) is 0. The van der Waals surface area contributed by atoms with Gasteiger partial charge in [-0.3, -0.25) is 0 Å². The van der Waals surface area contributed by atoms with E-state index < -0.39 is 0 Å². The third kappa shape index (κ3) is 4.93. The Balaban J connectivity index is 0.000000158. The van der Waals surface area contributed by atoms with Crippen molar-refractivity contribution in [2.24, 2.45) is 0 Å². The highest BCUT2D eigenvalue weighted by atomic mass is 32.1. The van der Waals surface area contributed by atoms with Crippen molar-refractivity contribution in [1.29, 1.82) is 0 Å². The van der Waals surface area contributed by atoms with Crippen molar-refractivity contribution in [3.63, 3.8) is 0 Å². The second-order valence-corrected chi connectivity index (χ2v) is 9.27. The molecule has 0 spiro atoms. The molecule has 148 valence electrons. The zero-order valence-corrected chi connectivity index (χ0v) is 18.7. The fourth-order valence-corrected chi connectivity index (χ4v) is 4.92. The van der Waals surface area contributed by atoms with E-state index in [1.807, 2.05) is 36.5 Å². The Morgan fingerprint density at radius 1 is 0.633 bits per heavy atom. The zero-order chi connectivity index (χ0) is 20.8. The summed E-state index contributed by atoms with van der Waals surface area (Å²) in [6, 6.07) is 33.7. The quantitative estimate of drug-likeness (QED) is 0.282. The average Bonchev–Trinajstić information content (AvgIpc) is 3.42. The number of rotatable bonds is 3. The van der Waals surface area contributed by atoms with Crippen LogP contribution in [0.5, 0.6) is 0 Å². The van der Waals surface area contributed by atoms with Crippen molar-refractivity contribution < 1.29 is 0 Å². The fourth-order valence-electron chi connectivity index (χ4n) is 3.26. The molecule has 3 heteroatoms. The Bertz CT molecular complexity index is 1130. The first-order valence-corrected chi connectivity index (χ1v) is 11.6. The summed E-state index contributed by atoms with van der Waals surface area (Å²) < 4.78 is 0. The maximum Gasteiger partial charge on any atom is 0.0901 e. The molecule has 1 nitrogen and oxygen atoms in total. The van der Waals surface area contributed by atoms with E-state index in [-0.39, 0.29) is 0 Å². The van der Waals surface area contributed by atoms with Gasteiger partial charge in [-0.15, -0.1) is 22.7 Å². The van der Waals surface area contributed by atoms with Gasteiger partial charge in [0.25, 0.3) is 0 Å². The summed E-state index contributed by atoms with van der Waals surface area (Å²) in [6.07, 6.45) is 0. The molecule has 0 fully saturated rings. The summed E-state index contributed by atoms with van der Waals surface area (Å²) in [5, 5.41) is 3.21. The summed E-state index contributed by atoms with van der Waals surface area (Å²) in [6.45, 7) is 4.20. The number of thiophene rings is 1. The van der Waals surface area contributed by atoms with Crippen molar-refractivity contribution in [3.05, 3.63) is 112 Å². The molecule has 5 rings (SSSR count). The first kappa shape index (κ1) is 20.3. The first-order chi connectivity index (χ1) is 14.7. The minimum atomic E-state index is 1.08. The fraction of sp³-hybridized carbons (Fsp3) is 0.0741. The summed E-state index contributed by atoms with van der Waals surface area (Å²) >= 11 is 3.55. The molecule has 0 amide bonds. The third-order valence-electron chi connectivity index (χ3n) is 4.66. The van der Waals surface area contributed by atoms with Gasteiger partial charge in [-0.25, -0.2) is 4.98 Å². The van der Waals surface area contributed by atoms with Crippen LogP contribution >= 0.6 is 22.7 Å². The third-order valence-corrected chi connectivity index (χ3v) is 6.54. The van der Waals surface area contributed by atoms with Crippen molar-refractivity contribution in [3.8, 4) is 32.8 Å².